The Bertz CT molecular complexity index is 555. The number of carbonyl (C=O) groups is 2. The number of ketones is 1. The van der Waals surface area contributed by atoms with E-state index < -0.39 is 0 Å². The molecular weight excluding hydrogens is 300 g/mol. The highest BCUT2D eigenvalue weighted by molar-refractivity contribution is 5.79. The van der Waals surface area contributed by atoms with Gasteiger partial charge < -0.3 is 4.74 Å². The van der Waals surface area contributed by atoms with Crippen LogP contribution in [0.4, 0.5) is 0 Å². The molecule has 0 heterocycles. The summed E-state index contributed by atoms with van der Waals surface area (Å²) in [6.45, 7) is 6.42. The maximum atomic E-state index is 12.0. The third-order valence-corrected chi connectivity index (χ3v) is 8.70. The topological polar surface area (TPSA) is 43.4 Å². The Morgan fingerprint density at radius 1 is 1.00 bits per heavy atom. The zero-order valence-electron chi connectivity index (χ0n) is 15.5. The lowest BCUT2D eigenvalue weighted by Crippen LogP contribution is -2.54. The number of esters is 1. The molecule has 4 saturated carbocycles. The van der Waals surface area contributed by atoms with Crippen molar-refractivity contribution >= 4 is 11.8 Å². The van der Waals surface area contributed by atoms with Crippen molar-refractivity contribution < 1.29 is 14.3 Å². The van der Waals surface area contributed by atoms with Gasteiger partial charge in [-0.15, -0.1) is 0 Å². The molecule has 0 aromatic rings. The third-order valence-electron chi connectivity index (χ3n) is 8.70. The van der Waals surface area contributed by atoms with E-state index in [1.165, 1.54) is 32.1 Å². The minimum Gasteiger partial charge on any atom is -0.462 e. The molecule has 0 N–H and O–H groups in total. The molecule has 4 fully saturated rings. The lowest BCUT2D eigenvalue weighted by atomic mass is 9.45. The Morgan fingerprint density at radius 2 is 1.75 bits per heavy atom. The number of carbonyl (C=O) groups excluding carboxylic acids is 2. The first-order valence-corrected chi connectivity index (χ1v) is 10.0. The van der Waals surface area contributed by atoms with Crippen LogP contribution in [0.5, 0.6) is 0 Å². The van der Waals surface area contributed by atoms with E-state index in [9.17, 15) is 9.59 Å². The van der Waals surface area contributed by atoms with Gasteiger partial charge in [-0.1, -0.05) is 13.8 Å². The monoisotopic (exact) mass is 332 g/mol. The van der Waals surface area contributed by atoms with Crippen LogP contribution in [0.15, 0.2) is 0 Å². The summed E-state index contributed by atoms with van der Waals surface area (Å²) in [5, 5.41) is 0. The van der Waals surface area contributed by atoms with Gasteiger partial charge >= 0.3 is 5.97 Å². The fourth-order valence-corrected chi connectivity index (χ4v) is 7.39. The van der Waals surface area contributed by atoms with Gasteiger partial charge in [0.25, 0.3) is 0 Å². The SMILES string of the molecule is CC(=O)O[C@H]1CC[C@@H]2[C@H]3CC[C@H]4CC(=O)CC[C@]4(C)[C@@H]3CC[C@]12C. The molecule has 0 radical (unpaired) electrons. The highest BCUT2D eigenvalue weighted by Gasteiger charge is 2.60. The Morgan fingerprint density at radius 3 is 2.50 bits per heavy atom. The van der Waals surface area contributed by atoms with Crippen LogP contribution in [0.1, 0.15) is 78.6 Å². The average molecular weight is 332 g/mol. The molecule has 3 heteroatoms. The van der Waals surface area contributed by atoms with Crippen molar-refractivity contribution in [3.63, 3.8) is 0 Å². The van der Waals surface area contributed by atoms with Gasteiger partial charge in [-0.2, -0.15) is 0 Å². The van der Waals surface area contributed by atoms with Gasteiger partial charge in [0.05, 0.1) is 0 Å². The summed E-state index contributed by atoms with van der Waals surface area (Å²) >= 11 is 0. The minimum atomic E-state index is -0.120. The first kappa shape index (κ1) is 16.6. The van der Waals surface area contributed by atoms with E-state index >= 15 is 0 Å². The second-order valence-corrected chi connectivity index (χ2v) is 9.62. The molecule has 0 aromatic heterocycles. The molecule has 0 amide bonds. The van der Waals surface area contributed by atoms with E-state index in [0.29, 0.717) is 23.0 Å². The maximum Gasteiger partial charge on any atom is 0.302 e. The number of hydrogen-bond acceptors (Lipinski definition) is 3. The van der Waals surface area contributed by atoms with Crippen molar-refractivity contribution in [1.29, 1.82) is 0 Å². The minimum absolute atomic E-state index is 0.120. The predicted molar refractivity (Wildman–Crippen MR) is 92.3 cm³/mol. The van der Waals surface area contributed by atoms with Crippen molar-refractivity contribution in [3.05, 3.63) is 0 Å². The molecule has 24 heavy (non-hydrogen) atoms. The van der Waals surface area contributed by atoms with Crippen LogP contribution < -0.4 is 0 Å². The van der Waals surface area contributed by atoms with Crippen LogP contribution in [0.2, 0.25) is 0 Å². The van der Waals surface area contributed by atoms with E-state index in [0.717, 1.165) is 37.5 Å². The van der Waals surface area contributed by atoms with Crippen molar-refractivity contribution in [3.8, 4) is 0 Å². The first-order chi connectivity index (χ1) is 11.3. The zero-order chi connectivity index (χ0) is 17.1. The normalized spacial score (nSPS) is 50.6. The van der Waals surface area contributed by atoms with E-state index in [-0.39, 0.29) is 17.5 Å². The highest BCUT2D eigenvalue weighted by Crippen LogP contribution is 2.66. The summed E-state index contributed by atoms with van der Waals surface area (Å²) in [7, 11) is 0. The second-order valence-electron chi connectivity index (χ2n) is 9.62. The van der Waals surface area contributed by atoms with Gasteiger partial charge in [-0.05, 0) is 74.0 Å². The molecule has 0 bridgehead atoms. The Hall–Kier alpha value is -0.860. The van der Waals surface area contributed by atoms with Gasteiger partial charge in [0.1, 0.15) is 11.9 Å². The quantitative estimate of drug-likeness (QED) is 0.663. The van der Waals surface area contributed by atoms with Gasteiger partial charge in [0.2, 0.25) is 0 Å². The van der Waals surface area contributed by atoms with Crippen molar-refractivity contribution in [2.75, 3.05) is 0 Å². The molecule has 3 nitrogen and oxygen atoms in total. The van der Waals surface area contributed by atoms with E-state index in [1.807, 2.05) is 0 Å². The molecular formula is C21H32O3. The summed E-state index contributed by atoms with van der Waals surface area (Å²) in [5.74, 6) is 3.25. The van der Waals surface area contributed by atoms with Gasteiger partial charge in [0.15, 0.2) is 0 Å². The number of ether oxygens (including phenoxy) is 1. The molecule has 0 saturated heterocycles. The van der Waals surface area contributed by atoms with Gasteiger partial charge in [-0.3, -0.25) is 9.59 Å². The number of rotatable bonds is 1. The van der Waals surface area contributed by atoms with E-state index in [1.54, 1.807) is 6.92 Å². The lowest BCUT2D eigenvalue weighted by Gasteiger charge is -2.60. The molecule has 0 spiro atoms. The summed E-state index contributed by atoms with van der Waals surface area (Å²) in [5.41, 5.74) is 0.554. The maximum absolute atomic E-state index is 12.0. The molecule has 4 aliphatic carbocycles. The van der Waals surface area contributed by atoms with Crippen molar-refractivity contribution in [2.24, 2.45) is 34.5 Å². The van der Waals surface area contributed by atoms with Gasteiger partial charge in [-0.25, -0.2) is 0 Å². The largest absolute Gasteiger partial charge is 0.462 e. The fraction of sp³-hybridized carbons (Fsp3) is 0.905. The molecule has 4 aliphatic rings. The van der Waals surface area contributed by atoms with Crippen molar-refractivity contribution in [2.45, 2.75) is 84.7 Å². The highest BCUT2D eigenvalue weighted by atomic mass is 16.5. The number of hydrogen-bond donors (Lipinski definition) is 0. The van der Waals surface area contributed by atoms with Crippen LogP contribution in [-0.4, -0.2) is 17.9 Å². The smallest absolute Gasteiger partial charge is 0.302 e. The zero-order valence-corrected chi connectivity index (χ0v) is 15.5. The van der Waals surface area contributed by atoms with Crippen LogP contribution in [0, 0.1) is 34.5 Å². The Labute approximate surface area is 145 Å². The molecule has 4 rings (SSSR count). The summed E-state index contributed by atoms with van der Waals surface area (Å²) in [4.78, 5) is 23.5. The second kappa shape index (κ2) is 5.57. The molecule has 7 atom stereocenters. The Balaban J connectivity index is 1.58. The fourth-order valence-electron chi connectivity index (χ4n) is 7.39. The first-order valence-electron chi connectivity index (χ1n) is 10.0. The molecule has 0 unspecified atom stereocenters. The summed E-state index contributed by atoms with van der Waals surface area (Å²) in [6, 6.07) is 0. The third kappa shape index (κ3) is 2.29. The van der Waals surface area contributed by atoms with Crippen LogP contribution in [0.25, 0.3) is 0 Å². The van der Waals surface area contributed by atoms with E-state index in [4.69, 9.17) is 4.74 Å². The van der Waals surface area contributed by atoms with Crippen LogP contribution >= 0.6 is 0 Å². The van der Waals surface area contributed by atoms with Gasteiger partial charge in [0, 0.05) is 25.2 Å². The average Bonchev–Trinajstić information content (AvgIpc) is 2.84. The molecule has 0 aliphatic heterocycles. The summed E-state index contributed by atoms with van der Waals surface area (Å²) < 4.78 is 5.73. The standard InChI is InChI=1S/C21H32O3/c1-13(22)24-19-7-6-17-16-5-4-14-12-15(23)8-10-20(14,2)18(16)9-11-21(17,19)3/h14,16-19H,4-12H2,1-3H3/t14-,16+,17+,18+,19-,20-,21-/m0/s1. The van der Waals surface area contributed by atoms with E-state index in [2.05, 4.69) is 13.8 Å². The van der Waals surface area contributed by atoms with Crippen LogP contribution in [-0.2, 0) is 14.3 Å². The molecule has 134 valence electrons. The molecule has 0 aromatic carbocycles. The summed E-state index contributed by atoms with van der Waals surface area (Å²) in [6.07, 6.45) is 10.1. The number of Topliss-reactive ketones (excluding diaryl/α,β-unsaturated/α-hetero) is 1. The lowest BCUT2D eigenvalue weighted by molar-refractivity contribution is -0.162. The number of fused-ring (bicyclic) bond motifs is 5. The predicted octanol–water partition coefficient (Wildman–Crippen LogP) is 4.53. The Kier molecular flexibility index (Phi) is 3.85. The van der Waals surface area contributed by atoms with Crippen LogP contribution in [0.3, 0.4) is 0 Å². The van der Waals surface area contributed by atoms with Crippen molar-refractivity contribution in [1.82, 2.24) is 0 Å².